The summed E-state index contributed by atoms with van der Waals surface area (Å²) in [7, 11) is 1.58. The molecule has 0 heterocycles. The Labute approximate surface area is 170 Å². The number of amides is 2. The van der Waals surface area contributed by atoms with Crippen LogP contribution in [-0.4, -0.2) is 19.4 Å². The Balaban J connectivity index is 1.56. The molecule has 0 saturated heterocycles. The second-order valence-corrected chi connectivity index (χ2v) is 6.37. The van der Waals surface area contributed by atoms with E-state index < -0.39 is 6.03 Å². The molecule has 3 aromatic carbocycles. The van der Waals surface area contributed by atoms with Gasteiger partial charge in [-0.1, -0.05) is 48.0 Å². The lowest BCUT2D eigenvalue weighted by Crippen LogP contribution is -2.24. The monoisotopic (exact) mass is 389 g/mol. The summed E-state index contributed by atoms with van der Waals surface area (Å²) >= 11 is 0. The van der Waals surface area contributed by atoms with Crippen molar-refractivity contribution in [3.8, 4) is 11.5 Å². The third kappa shape index (κ3) is 6.10. The molecule has 0 aromatic heterocycles. The normalized spacial score (nSPS) is 10.6. The van der Waals surface area contributed by atoms with Crippen LogP contribution in [0.5, 0.6) is 11.5 Å². The van der Waals surface area contributed by atoms with Gasteiger partial charge in [-0.25, -0.2) is 10.2 Å². The molecule has 29 heavy (non-hydrogen) atoms. The summed E-state index contributed by atoms with van der Waals surface area (Å²) < 4.78 is 11.3. The Morgan fingerprint density at radius 2 is 1.76 bits per heavy atom. The fourth-order valence-electron chi connectivity index (χ4n) is 2.58. The zero-order valence-corrected chi connectivity index (χ0v) is 16.4. The second-order valence-electron chi connectivity index (χ2n) is 6.37. The van der Waals surface area contributed by atoms with Crippen LogP contribution in [0.4, 0.5) is 10.5 Å². The molecule has 0 saturated carbocycles. The van der Waals surface area contributed by atoms with Gasteiger partial charge in [-0.05, 0) is 48.4 Å². The van der Waals surface area contributed by atoms with E-state index in [1.165, 1.54) is 11.8 Å². The highest BCUT2D eigenvalue weighted by Crippen LogP contribution is 2.28. The van der Waals surface area contributed by atoms with Gasteiger partial charge in [0.05, 0.1) is 13.3 Å². The summed E-state index contributed by atoms with van der Waals surface area (Å²) in [6.07, 6.45) is 1.54. The van der Waals surface area contributed by atoms with Crippen LogP contribution in [0.1, 0.15) is 16.7 Å². The summed E-state index contributed by atoms with van der Waals surface area (Å²) in [5, 5.41) is 6.65. The molecule has 2 amide bonds. The zero-order chi connectivity index (χ0) is 20.5. The number of methoxy groups -OCH3 is 1. The topological polar surface area (TPSA) is 72.0 Å². The van der Waals surface area contributed by atoms with Gasteiger partial charge in [-0.3, -0.25) is 0 Å². The average Bonchev–Trinajstić information content (AvgIpc) is 2.74. The van der Waals surface area contributed by atoms with Crippen molar-refractivity contribution < 1.29 is 14.3 Å². The standard InChI is InChI=1S/C23H23N3O3/c1-17-8-10-18(11-9-17)16-29-21-13-12-19(14-22(21)28-2)15-24-26-23(27)25-20-6-4-3-5-7-20/h3-15H,16H2,1-2H3,(H2,25,26,27)/b24-15+. The largest absolute Gasteiger partial charge is 0.493 e. The number of benzene rings is 3. The molecule has 3 aromatic rings. The lowest BCUT2D eigenvalue weighted by Gasteiger charge is -2.11. The lowest BCUT2D eigenvalue weighted by molar-refractivity contribution is 0.252. The molecule has 0 spiro atoms. The van der Waals surface area contributed by atoms with Crippen LogP contribution in [0.25, 0.3) is 0 Å². The molecule has 0 aliphatic rings. The van der Waals surface area contributed by atoms with Gasteiger partial charge in [-0.15, -0.1) is 0 Å². The van der Waals surface area contributed by atoms with Gasteiger partial charge in [-0.2, -0.15) is 5.10 Å². The number of hydrogen-bond donors (Lipinski definition) is 2. The number of para-hydroxylation sites is 1. The van der Waals surface area contributed by atoms with Gasteiger partial charge in [0.15, 0.2) is 11.5 Å². The lowest BCUT2D eigenvalue weighted by atomic mass is 10.2. The molecule has 3 rings (SSSR count). The molecule has 0 radical (unpaired) electrons. The van der Waals surface area contributed by atoms with Gasteiger partial charge in [0.1, 0.15) is 6.61 Å². The number of nitrogens with zero attached hydrogens (tertiary/aromatic N) is 1. The fraction of sp³-hybridized carbons (Fsp3) is 0.130. The van der Waals surface area contributed by atoms with E-state index in [1.807, 2.05) is 49.4 Å². The van der Waals surface area contributed by atoms with Crippen molar-refractivity contribution >= 4 is 17.9 Å². The van der Waals surface area contributed by atoms with Crippen molar-refractivity contribution in [1.29, 1.82) is 0 Å². The molecule has 148 valence electrons. The Kier molecular flexibility index (Phi) is 6.84. The first-order valence-electron chi connectivity index (χ1n) is 9.15. The van der Waals surface area contributed by atoms with E-state index in [0.29, 0.717) is 23.8 Å². The van der Waals surface area contributed by atoms with E-state index in [1.54, 1.807) is 25.3 Å². The minimum atomic E-state index is -0.419. The van der Waals surface area contributed by atoms with Crippen molar-refractivity contribution in [2.75, 3.05) is 12.4 Å². The number of carbonyl (C=O) groups excluding carboxylic acids is 1. The molecule has 0 fully saturated rings. The quantitative estimate of drug-likeness (QED) is 0.453. The number of nitrogens with one attached hydrogen (secondary N) is 2. The number of anilines is 1. The van der Waals surface area contributed by atoms with E-state index in [-0.39, 0.29) is 0 Å². The molecule has 0 unspecified atom stereocenters. The van der Waals surface area contributed by atoms with Gasteiger partial charge < -0.3 is 14.8 Å². The fourth-order valence-corrected chi connectivity index (χ4v) is 2.58. The Bertz CT molecular complexity index is 970. The molecular formula is C23H23N3O3. The van der Waals surface area contributed by atoms with Crippen LogP contribution in [0, 0.1) is 6.92 Å². The van der Waals surface area contributed by atoms with E-state index in [9.17, 15) is 4.79 Å². The summed E-state index contributed by atoms with van der Waals surface area (Å²) in [5.41, 5.74) is 6.18. The molecule has 6 nitrogen and oxygen atoms in total. The summed E-state index contributed by atoms with van der Waals surface area (Å²) in [5.74, 6) is 1.23. The van der Waals surface area contributed by atoms with Crippen LogP contribution >= 0.6 is 0 Å². The maximum atomic E-state index is 11.8. The smallest absolute Gasteiger partial charge is 0.339 e. The molecule has 6 heteroatoms. The summed E-state index contributed by atoms with van der Waals surface area (Å²) in [6.45, 7) is 2.50. The average molecular weight is 389 g/mol. The van der Waals surface area contributed by atoms with Gasteiger partial charge in [0.2, 0.25) is 0 Å². The van der Waals surface area contributed by atoms with Gasteiger partial charge in [0, 0.05) is 5.69 Å². The van der Waals surface area contributed by atoms with Crippen molar-refractivity contribution in [3.05, 3.63) is 89.5 Å². The van der Waals surface area contributed by atoms with Gasteiger partial charge >= 0.3 is 6.03 Å². The highest BCUT2D eigenvalue weighted by atomic mass is 16.5. The third-order valence-corrected chi connectivity index (χ3v) is 4.11. The molecular weight excluding hydrogens is 366 g/mol. The Hall–Kier alpha value is -3.80. The first-order valence-corrected chi connectivity index (χ1v) is 9.15. The highest BCUT2D eigenvalue weighted by molar-refractivity contribution is 5.90. The number of rotatable bonds is 7. The Morgan fingerprint density at radius 3 is 2.48 bits per heavy atom. The maximum Gasteiger partial charge on any atom is 0.339 e. The number of ether oxygens (including phenoxy) is 2. The SMILES string of the molecule is COc1cc(/C=N/NC(=O)Nc2ccccc2)ccc1OCc1ccc(C)cc1. The van der Waals surface area contributed by atoms with E-state index in [0.717, 1.165) is 11.1 Å². The van der Waals surface area contributed by atoms with Crippen LogP contribution in [0.3, 0.4) is 0 Å². The van der Waals surface area contributed by atoms with Crippen molar-refractivity contribution in [2.45, 2.75) is 13.5 Å². The minimum Gasteiger partial charge on any atom is -0.493 e. The van der Waals surface area contributed by atoms with Crippen molar-refractivity contribution in [3.63, 3.8) is 0 Å². The van der Waals surface area contributed by atoms with E-state index >= 15 is 0 Å². The van der Waals surface area contributed by atoms with Crippen LogP contribution in [0.15, 0.2) is 77.9 Å². The van der Waals surface area contributed by atoms with E-state index in [4.69, 9.17) is 9.47 Å². The van der Waals surface area contributed by atoms with E-state index in [2.05, 4.69) is 28.0 Å². The number of carbonyl (C=O) groups is 1. The van der Waals surface area contributed by atoms with Crippen LogP contribution < -0.4 is 20.2 Å². The third-order valence-electron chi connectivity index (χ3n) is 4.11. The second kappa shape index (κ2) is 9.94. The van der Waals surface area contributed by atoms with Crippen LogP contribution in [-0.2, 0) is 6.61 Å². The molecule has 0 atom stereocenters. The van der Waals surface area contributed by atoms with Crippen LogP contribution in [0.2, 0.25) is 0 Å². The number of aryl methyl sites for hydroxylation is 1. The van der Waals surface area contributed by atoms with Crippen molar-refractivity contribution in [2.24, 2.45) is 5.10 Å². The minimum absolute atomic E-state index is 0.419. The number of urea groups is 1. The highest BCUT2D eigenvalue weighted by Gasteiger charge is 2.06. The van der Waals surface area contributed by atoms with Gasteiger partial charge in [0.25, 0.3) is 0 Å². The molecule has 2 N–H and O–H groups in total. The maximum absolute atomic E-state index is 11.8. The predicted molar refractivity (Wildman–Crippen MR) is 115 cm³/mol. The van der Waals surface area contributed by atoms with Crippen molar-refractivity contribution in [1.82, 2.24) is 5.43 Å². The first-order chi connectivity index (χ1) is 14.1. The summed E-state index contributed by atoms with van der Waals surface area (Å²) in [6, 6.07) is 22.4. The zero-order valence-electron chi connectivity index (χ0n) is 16.4. The molecule has 0 aliphatic heterocycles. The number of hydrazone groups is 1. The summed E-state index contributed by atoms with van der Waals surface area (Å²) in [4.78, 5) is 11.8. The Morgan fingerprint density at radius 1 is 1.00 bits per heavy atom. The predicted octanol–water partition coefficient (Wildman–Crippen LogP) is 4.74. The molecule has 0 aliphatic carbocycles. The number of hydrogen-bond acceptors (Lipinski definition) is 4. The molecule has 0 bridgehead atoms. The first kappa shape index (κ1) is 19.9.